The number of thioether (sulfide) groups is 1. The zero-order valence-electron chi connectivity index (χ0n) is 13.5. The van der Waals surface area contributed by atoms with Gasteiger partial charge in [-0.2, -0.15) is 0 Å². The lowest BCUT2D eigenvalue weighted by Gasteiger charge is -2.12. The average Bonchev–Trinajstić information content (AvgIpc) is 2.56. The molecule has 0 amide bonds. The van der Waals surface area contributed by atoms with Gasteiger partial charge in [0, 0.05) is 23.7 Å². The number of rotatable bonds is 8. The molecule has 0 bridgehead atoms. The number of methoxy groups -OCH3 is 1. The number of carbonyl (C=O) groups is 1. The molecule has 1 rings (SSSR count). The molecule has 0 radical (unpaired) electrons. The zero-order valence-corrected chi connectivity index (χ0v) is 14.3. The maximum absolute atomic E-state index is 11.4. The first-order chi connectivity index (χ1) is 10.7. The zero-order chi connectivity index (χ0) is 16.2. The Bertz CT molecular complexity index is 466. The lowest BCUT2D eigenvalue weighted by molar-refractivity contribution is -0.144. The third kappa shape index (κ3) is 7.36. The highest BCUT2D eigenvalue weighted by molar-refractivity contribution is 7.99. The highest BCUT2D eigenvalue weighted by Crippen LogP contribution is 2.15. The number of nitrogens with zero attached hydrogens (tertiary/aromatic N) is 1. The molecule has 1 atom stereocenters. The minimum absolute atomic E-state index is 0.237. The fourth-order valence-corrected chi connectivity index (χ4v) is 2.49. The summed E-state index contributed by atoms with van der Waals surface area (Å²) in [5, 5.41) is 6.44. The number of benzene rings is 1. The third-order valence-corrected chi connectivity index (χ3v) is 3.89. The van der Waals surface area contributed by atoms with Crippen molar-refractivity contribution in [2.24, 2.45) is 10.9 Å². The highest BCUT2D eigenvalue weighted by Gasteiger charge is 2.12. The summed E-state index contributed by atoms with van der Waals surface area (Å²) >= 11 is 1.79. The number of ether oxygens (including phenoxy) is 1. The molecular formula is C16H25N3O2S. The van der Waals surface area contributed by atoms with Gasteiger partial charge in [0.25, 0.3) is 0 Å². The van der Waals surface area contributed by atoms with Crippen LogP contribution in [-0.4, -0.2) is 44.4 Å². The number of guanidine groups is 1. The second-order valence-corrected chi connectivity index (χ2v) is 5.90. The Morgan fingerprint density at radius 3 is 2.68 bits per heavy atom. The normalized spacial score (nSPS) is 12.6. The molecule has 1 aromatic carbocycles. The van der Waals surface area contributed by atoms with E-state index >= 15 is 0 Å². The van der Waals surface area contributed by atoms with Crippen LogP contribution in [-0.2, 0) is 9.53 Å². The molecule has 0 aromatic heterocycles. The smallest absolute Gasteiger partial charge is 0.310 e. The van der Waals surface area contributed by atoms with Gasteiger partial charge >= 0.3 is 5.97 Å². The van der Waals surface area contributed by atoms with Gasteiger partial charge < -0.3 is 15.4 Å². The van der Waals surface area contributed by atoms with Crippen molar-refractivity contribution in [2.75, 3.05) is 32.5 Å². The first-order valence-electron chi connectivity index (χ1n) is 7.45. The Labute approximate surface area is 136 Å². The van der Waals surface area contributed by atoms with Crippen molar-refractivity contribution in [1.82, 2.24) is 10.6 Å². The van der Waals surface area contributed by atoms with Crippen molar-refractivity contribution in [3.8, 4) is 0 Å². The predicted octanol–water partition coefficient (Wildman–Crippen LogP) is 2.14. The Morgan fingerprint density at radius 2 is 2.05 bits per heavy atom. The van der Waals surface area contributed by atoms with Gasteiger partial charge in [-0.15, -0.1) is 11.8 Å². The predicted molar refractivity (Wildman–Crippen MR) is 92.3 cm³/mol. The molecule has 0 heterocycles. The van der Waals surface area contributed by atoms with E-state index < -0.39 is 0 Å². The van der Waals surface area contributed by atoms with Crippen molar-refractivity contribution in [1.29, 1.82) is 0 Å². The molecule has 0 fully saturated rings. The number of esters is 1. The van der Waals surface area contributed by atoms with E-state index in [1.54, 1.807) is 11.8 Å². The number of hydrogen-bond donors (Lipinski definition) is 2. The summed E-state index contributed by atoms with van der Waals surface area (Å²) in [6.45, 7) is 5.82. The second-order valence-electron chi connectivity index (χ2n) is 4.73. The van der Waals surface area contributed by atoms with Crippen LogP contribution < -0.4 is 10.6 Å². The lowest BCUT2D eigenvalue weighted by atomic mass is 10.2. The van der Waals surface area contributed by atoms with Crippen molar-refractivity contribution in [3.63, 3.8) is 0 Å². The van der Waals surface area contributed by atoms with Crippen molar-refractivity contribution in [3.05, 3.63) is 30.3 Å². The van der Waals surface area contributed by atoms with Crippen LogP contribution in [0, 0.1) is 5.92 Å². The van der Waals surface area contributed by atoms with E-state index in [1.165, 1.54) is 12.0 Å². The monoisotopic (exact) mass is 323 g/mol. The fraction of sp³-hybridized carbons (Fsp3) is 0.500. The Hall–Kier alpha value is -1.69. The van der Waals surface area contributed by atoms with Crippen molar-refractivity contribution < 1.29 is 9.53 Å². The lowest BCUT2D eigenvalue weighted by Crippen LogP contribution is -2.39. The first-order valence-corrected chi connectivity index (χ1v) is 8.43. The van der Waals surface area contributed by atoms with E-state index in [-0.39, 0.29) is 11.9 Å². The van der Waals surface area contributed by atoms with E-state index in [4.69, 9.17) is 4.74 Å². The molecule has 22 heavy (non-hydrogen) atoms. The molecule has 0 saturated carbocycles. The largest absolute Gasteiger partial charge is 0.469 e. The van der Waals surface area contributed by atoms with E-state index in [9.17, 15) is 4.79 Å². The quantitative estimate of drug-likeness (QED) is 0.252. The molecule has 6 heteroatoms. The molecule has 5 nitrogen and oxygen atoms in total. The van der Waals surface area contributed by atoms with E-state index in [1.807, 2.05) is 32.0 Å². The number of aliphatic imine (C=N–C) groups is 1. The standard InChI is InChI=1S/C16H25N3O2S/c1-4-17-16(19-12-13(2)15(20)21-3)18-10-11-22-14-8-6-5-7-9-14/h5-9,13H,4,10-12H2,1-3H3,(H2,17,18,19). The summed E-state index contributed by atoms with van der Waals surface area (Å²) < 4.78 is 4.70. The van der Waals surface area contributed by atoms with Crippen LogP contribution >= 0.6 is 11.8 Å². The van der Waals surface area contributed by atoms with Crippen LogP contribution in [0.25, 0.3) is 0 Å². The summed E-state index contributed by atoms with van der Waals surface area (Å²) in [5.41, 5.74) is 0. The van der Waals surface area contributed by atoms with Crippen LogP contribution in [0.4, 0.5) is 0 Å². The molecule has 0 aliphatic heterocycles. The van der Waals surface area contributed by atoms with E-state index in [0.717, 1.165) is 24.8 Å². The van der Waals surface area contributed by atoms with Gasteiger partial charge in [0.1, 0.15) is 0 Å². The Kier molecular flexibility index (Phi) is 9.14. The van der Waals surface area contributed by atoms with Gasteiger partial charge in [0.15, 0.2) is 5.96 Å². The van der Waals surface area contributed by atoms with Gasteiger partial charge in [-0.1, -0.05) is 25.1 Å². The van der Waals surface area contributed by atoms with Gasteiger partial charge in [0.2, 0.25) is 0 Å². The minimum atomic E-state index is -0.237. The van der Waals surface area contributed by atoms with Gasteiger partial charge in [-0.25, -0.2) is 0 Å². The summed E-state index contributed by atoms with van der Waals surface area (Å²) in [6.07, 6.45) is 0. The fourth-order valence-electron chi connectivity index (χ4n) is 1.70. The molecule has 0 spiro atoms. The SMILES string of the molecule is CCNC(=NCC(C)C(=O)OC)NCCSc1ccccc1. The number of hydrogen-bond acceptors (Lipinski definition) is 4. The van der Waals surface area contributed by atoms with Gasteiger partial charge in [-0.3, -0.25) is 9.79 Å². The third-order valence-electron chi connectivity index (χ3n) is 2.88. The number of carbonyl (C=O) groups excluding carboxylic acids is 1. The topological polar surface area (TPSA) is 62.7 Å². The Morgan fingerprint density at radius 1 is 1.32 bits per heavy atom. The maximum Gasteiger partial charge on any atom is 0.310 e. The van der Waals surface area contributed by atoms with Gasteiger partial charge in [0.05, 0.1) is 19.6 Å². The molecule has 122 valence electrons. The highest BCUT2D eigenvalue weighted by atomic mass is 32.2. The van der Waals surface area contributed by atoms with Crippen LogP contribution in [0.3, 0.4) is 0 Å². The van der Waals surface area contributed by atoms with Gasteiger partial charge in [-0.05, 0) is 19.1 Å². The summed E-state index contributed by atoms with van der Waals surface area (Å²) in [4.78, 5) is 17.0. The number of nitrogens with one attached hydrogen (secondary N) is 2. The van der Waals surface area contributed by atoms with Crippen molar-refractivity contribution >= 4 is 23.7 Å². The Balaban J connectivity index is 2.35. The van der Waals surface area contributed by atoms with Crippen LogP contribution in [0.15, 0.2) is 40.2 Å². The first kappa shape index (κ1) is 18.4. The summed E-state index contributed by atoms with van der Waals surface area (Å²) in [7, 11) is 1.40. The van der Waals surface area contributed by atoms with Crippen LogP contribution in [0.1, 0.15) is 13.8 Å². The summed E-state index contributed by atoms with van der Waals surface area (Å²) in [6, 6.07) is 10.3. The minimum Gasteiger partial charge on any atom is -0.469 e. The molecule has 1 unspecified atom stereocenters. The maximum atomic E-state index is 11.4. The second kappa shape index (κ2) is 11.0. The van der Waals surface area contributed by atoms with Crippen LogP contribution in [0.5, 0.6) is 0 Å². The average molecular weight is 323 g/mol. The molecule has 0 aliphatic carbocycles. The van der Waals surface area contributed by atoms with E-state index in [2.05, 4.69) is 27.8 Å². The van der Waals surface area contributed by atoms with E-state index in [0.29, 0.717) is 6.54 Å². The van der Waals surface area contributed by atoms with Crippen molar-refractivity contribution in [2.45, 2.75) is 18.7 Å². The molecule has 2 N–H and O–H groups in total. The molecule has 0 saturated heterocycles. The van der Waals surface area contributed by atoms with Crippen LogP contribution in [0.2, 0.25) is 0 Å². The summed E-state index contributed by atoms with van der Waals surface area (Å²) in [5.74, 6) is 1.20. The molecular weight excluding hydrogens is 298 g/mol. The molecule has 1 aromatic rings. The molecule has 0 aliphatic rings.